The Morgan fingerprint density at radius 1 is 1.09 bits per heavy atom. The summed E-state index contributed by atoms with van der Waals surface area (Å²) in [5.41, 5.74) is 3.17. The average Bonchev–Trinajstić information content (AvgIpc) is 2.58. The lowest BCUT2D eigenvalue weighted by molar-refractivity contribution is 0.704. The molecule has 0 aliphatic heterocycles. The van der Waals surface area contributed by atoms with E-state index in [4.69, 9.17) is 0 Å². The number of rotatable bonds is 1. The normalized spacial score (nSPS) is 23.3. The molecule has 2 aliphatic carbocycles. The van der Waals surface area contributed by atoms with Crippen LogP contribution in [0.5, 0.6) is 0 Å². The average molecular weight is 146 g/mol. The van der Waals surface area contributed by atoms with Gasteiger partial charge in [0.05, 0.1) is 0 Å². The third kappa shape index (κ3) is 1.45. The van der Waals surface area contributed by atoms with E-state index in [-0.39, 0.29) is 0 Å². The first-order valence-electron chi connectivity index (χ1n) is 4.52. The zero-order valence-corrected chi connectivity index (χ0v) is 6.84. The molecule has 0 heteroatoms. The molecule has 0 aromatic heterocycles. The van der Waals surface area contributed by atoms with Crippen LogP contribution in [0.3, 0.4) is 0 Å². The first kappa shape index (κ1) is 6.90. The van der Waals surface area contributed by atoms with Crippen LogP contribution in [0.25, 0.3) is 0 Å². The van der Waals surface area contributed by atoms with Crippen molar-refractivity contribution < 1.29 is 0 Å². The Morgan fingerprint density at radius 2 is 2.09 bits per heavy atom. The first-order chi connectivity index (χ1) is 5.47. The van der Waals surface area contributed by atoms with Gasteiger partial charge in [0.1, 0.15) is 0 Å². The Kier molecular flexibility index (Phi) is 1.93. The summed E-state index contributed by atoms with van der Waals surface area (Å²) in [6.07, 6.45) is 15.7. The molecule has 0 fully saturated rings. The van der Waals surface area contributed by atoms with Crippen molar-refractivity contribution in [2.75, 3.05) is 0 Å². The topological polar surface area (TPSA) is 0 Å². The Hall–Kier alpha value is -0.780. The van der Waals surface area contributed by atoms with Gasteiger partial charge in [-0.3, -0.25) is 0 Å². The lowest BCUT2D eigenvalue weighted by Gasteiger charge is -2.13. The van der Waals surface area contributed by atoms with Gasteiger partial charge in [-0.05, 0) is 43.3 Å². The summed E-state index contributed by atoms with van der Waals surface area (Å²) in [6, 6.07) is 0. The maximum absolute atomic E-state index is 2.42. The molecule has 0 aromatic rings. The van der Waals surface area contributed by atoms with Crippen molar-refractivity contribution in [2.24, 2.45) is 0 Å². The van der Waals surface area contributed by atoms with Gasteiger partial charge in [-0.15, -0.1) is 0 Å². The molecule has 2 rings (SSSR count). The van der Waals surface area contributed by atoms with Crippen molar-refractivity contribution in [3.8, 4) is 0 Å². The van der Waals surface area contributed by atoms with E-state index in [9.17, 15) is 0 Å². The monoisotopic (exact) mass is 146 g/mol. The van der Waals surface area contributed by atoms with Gasteiger partial charge in [-0.25, -0.2) is 0 Å². The minimum absolute atomic E-state index is 1.17. The molecule has 2 aliphatic rings. The summed E-state index contributed by atoms with van der Waals surface area (Å²) < 4.78 is 0. The number of hydrogen-bond donors (Lipinski definition) is 0. The van der Waals surface area contributed by atoms with Gasteiger partial charge in [0, 0.05) is 0 Å². The van der Waals surface area contributed by atoms with E-state index in [0.29, 0.717) is 0 Å². The highest BCUT2D eigenvalue weighted by Gasteiger charge is 2.08. The highest BCUT2D eigenvalue weighted by Crippen LogP contribution is 2.28. The van der Waals surface area contributed by atoms with E-state index >= 15 is 0 Å². The number of allylic oxidation sites excluding steroid dienone is 6. The Labute approximate surface area is 68.3 Å². The third-order valence-corrected chi connectivity index (χ3v) is 2.47. The quantitative estimate of drug-likeness (QED) is 0.532. The molecule has 0 unspecified atom stereocenters. The highest BCUT2D eigenvalue weighted by atomic mass is 14.1. The lowest BCUT2D eigenvalue weighted by atomic mass is 9.93. The molecule has 58 valence electrons. The van der Waals surface area contributed by atoms with E-state index in [1.165, 1.54) is 32.1 Å². The van der Waals surface area contributed by atoms with Crippen LogP contribution in [-0.4, -0.2) is 0 Å². The third-order valence-electron chi connectivity index (χ3n) is 2.47. The van der Waals surface area contributed by atoms with E-state index in [0.717, 1.165) is 0 Å². The van der Waals surface area contributed by atoms with Crippen LogP contribution >= 0.6 is 0 Å². The zero-order chi connectivity index (χ0) is 7.52. The molecule has 0 aromatic carbocycles. The lowest BCUT2D eigenvalue weighted by Crippen LogP contribution is -1.93. The van der Waals surface area contributed by atoms with E-state index in [1.54, 1.807) is 11.1 Å². The van der Waals surface area contributed by atoms with Crippen LogP contribution < -0.4 is 0 Å². The van der Waals surface area contributed by atoms with Crippen LogP contribution in [0, 0.1) is 0 Å². The first-order valence-corrected chi connectivity index (χ1v) is 4.52. The molecule has 0 saturated carbocycles. The maximum Gasteiger partial charge on any atom is -0.00917 e. The smallest absolute Gasteiger partial charge is 0.00917 e. The minimum Gasteiger partial charge on any atom is -0.0810 e. The van der Waals surface area contributed by atoms with Crippen LogP contribution in [0.4, 0.5) is 0 Å². The summed E-state index contributed by atoms with van der Waals surface area (Å²) in [6.45, 7) is 0. The molecule has 11 heavy (non-hydrogen) atoms. The maximum atomic E-state index is 2.42. The fraction of sp³-hybridized carbons (Fsp3) is 0.455. The van der Waals surface area contributed by atoms with Gasteiger partial charge in [0.2, 0.25) is 0 Å². The standard InChI is InChI=1S/C11H14/c1-2-6-10(7-3-1)11-8-4-5-9-11/h4-6,8H,1-3,7,9H2. The SMILES string of the molecule is C1=CCC(C2=CCCCC2)=C1. The van der Waals surface area contributed by atoms with Crippen molar-refractivity contribution >= 4 is 0 Å². The second-order valence-electron chi connectivity index (χ2n) is 3.30. The van der Waals surface area contributed by atoms with Crippen molar-refractivity contribution in [3.63, 3.8) is 0 Å². The summed E-state index contributed by atoms with van der Waals surface area (Å²) in [7, 11) is 0. The van der Waals surface area contributed by atoms with Gasteiger partial charge >= 0.3 is 0 Å². The van der Waals surface area contributed by atoms with Crippen LogP contribution in [0.1, 0.15) is 32.1 Å². The van der Waals surface area contributed by atoms with Gasteiger partial charge in [0.15, 0.2) is 0 Å². The summed E-state index contributed by atoms with van der Waals surface area (Å²) >= 11 is 0. The van der Waals surface area contributed by atoms with Gasteiger partial charge < -0.3 is 0 Å². The van der Waals surface area contributed by atoms with Gasteiger partial charge in [0.25, 0.3) is 0 Å². The van der Waals surface area contributed by atoms with E-state index in [1.807, 2.05) is 0 Å². The van der Waals surface area contributed by atoms with Crippen LogP contribution in [-0.2, 0) is 0 Å². The van der Waals surface area contributed by atoms with Gasteiger partial charge in [-0.1, -0.05) is 24.3 Å². The Bertz CT molecular complexity index is 228. The zero-order valence-electron chi connectivity index (χ0n) is 6.84. The van der Waals surface area contributed by atoms with Gasteiger partial charge in [-0.2, -0.15) is 0 Å². The molecule has 0 atom stereocenters. The highest BCUT2D eigenvalue weighted by molar-refractivity contribution is 5.39. The molecule has 0 amide bonds. The van der Waals surface area contributed by atoms with E-state index in [2.05, 4.69) is 24.3 Å². The molecule has 0 nitrogen and oxygen atoms in total. The van der Waals surface area contributed by atoms with Crippen molar-refractivity contribution in [2.45, 2.75) is 32.1 Å². The second-order valence-corrected chi connectivity index (χ2v) is 3.30. The second kappa shape index (κ2) is 3.08. The predicted octanol–water partition coefficient (Wildman–Crippen LogP) is 3.37. The summed E-state index contributed by atoms with van der Waals surface area (Å²) in [5, 5.41) is 0. The summed E-state index contributed by atoms with van der Waals surface area (Å²) in [4.78, 5) is 0. The molecular weight excluding hydrogens is 132 g/mol. The van der Waals surface area contributed by atoms with Crippen molar-refractivity contribution in [1.29, 1.82) is 0 Å². The molecule has 0 saturated heterocycles. The van der Waals surface area contributed by atoms with Crippen LogP contribution in [0.2, 0.25) is 0 Å². The Morgan fingerprint density at radius 3 is 2.73 bits per heavy atom. The minimum atomic E-state index is 1.17. The molecule has 0 radical (unpaired) electrons. The predicted molar refractivity (Wildman–Crippen MR) is 48.4 cm³/mol. The molecule has 0 bridgehead atoms. The molecule has 0 N–H and O–H groups in total. The molecule has 0 heterocycles. The molecule has 0 spiro atoms. The largest absolute Gasteiger partial charge is 0.0810 e. The van der Waals surface area contributed by atoms with E-state index < -0.39 is 0 Å². The van der Waals surface area contributed by atoms with Crippen LogP contribution in [0.15, 0.2) is 35.5 Å². The molecular formula is C11H14. The fourth-order valence-corrected chi connectivity index (χ4v) is 1.82. The summed E-state index contributed by atoms with van der Waals surface area (Å²) in [5.74, 6) is 0. The Balaban J connectivity index is 2.09. The fourth-order valence-electron chi connectivity index (χ4n) is 1.82. The van der Waals surface area contributed by atoms with Crippen molar-refractivity contribution in [1.82, 2.24) is 0 Å². The number of hydrogen-bond acceptors (Lipinski definition) is 0. The van der Waals surface area contributed by atoms with Crippen molar-refractivity contribution in [3.05, 3.63) is 35.5 Å².